The molecular weight excluding hydrogens is 318 g/mol. The molecule has 0 radical (unpaired) electrons. The summed E-state index contributed by atoms with van der Waals surface area (Å²) in [6.45, 7) is 0.602. The summed E-state index contributed by atoms with van der Waals surface area (Å²) in [7, 11) is 0. The van der Waals surface area contributed by atoms with Gasteiger partial charge < -0.3 is 15.1 Å². The van der Waals surface area contributed by atoms with Crippen LogP contribution in [0.1, 0.15) is 24.8 Å². The monoisotopic (exact) mass is 335 g/mol. The van der Waals surface area contributed by atoms with Gasteiger partial charge in [-0.1, -0.05) is 17.7 Å². The molecule has 0 spiro atoms. The normalized spacial score (nSPS) is 24.1. The number of halogens is 1. The lowest BCUT2D eigenvalue weighted by atomic mass is 9.76. The number of amides is 1. The van der Waals surface area contributed by atoms with Gasteiger partial charge in [0.15, 0.2) is 11.5 Å². The van der Waals surface area contributed by atoms with Crippen molar-refractivity contribution in [3.63, 3.8) is 0 Å². The molecule has 1 aliphatic carbocycles. The zero-order chi connectivity index (χ0) is 16.6. The molecule has 1 unspecified atom stereocenters. The number of carbonyl (C=O) groups excluding carboxylic acids is 2. The first-order valence-electron chi connectivity index (χ1n) is 7.62. The van der Waals surface area contributed by atoms with Gasteiger partial charge in [0, 0.05) is 30.5 Å². The summed E-state index contributed by atoms with van der Waals surface area (Å²) >= 11 is 6.16. The van der Waals surface area contributed by atoms with Gasteiger partial charge >= 0.3 is 0 Å². The second-order valence-corrected chi connectivity index (χ2v) is 6.54. The zero-order valence-electron chi connectivity index (χ0n) is 12.5. The molecule has 0 bridgehead atoms. The molecule has 1 fully saturated rings. The Morgan fingerprint density at radius 3 is 2.78 bits per heavy atom. The number of Topliss-reactive ketones (excluding diaryl/α,β-unsaturated/α-hetero) is 1. The maximum atomic E-state index is 11.7. The Hall–Kier alpha value is -2.01. The van der Waals surface area contributed by atoms with E-state index in [1.807, 2.05) is 6.08 Å². The summed E-state index contributed by atoms with van der Waals surface area (Å²) in [5.74, 6) is -0.0866. The van der Waals surface area contributed by atoms with Gasteiger partial charge in [0.05, 0.1) is 6.04 Å². The Morgan fingerprint density at radius 2 is 2.04 bits per heavy atom. The van der Waals surface area contributed by atoms with Gasteiger partial charge in [0.2, 0.25) is 6.41 Å². The van der Waals surface area contributed by atoms with Crippen LogP contribution < -0.4 is 0 Å². The fourth-order valence-corrected chi connectivity index (χ4v) is 3.76. The smallest absolute Gasteiger partial charge is 0.210 e. The van der Waals surface area contributed by atoms with E-state index in [0.717, 1.165) is 18.4 Å². The maximum Gasteiger partial charge on any atom is 0.210 e. The number of allylic oxidation sites excluding steroid dienone is 1. The van der Waals surface area contributed by atoms with Crippen LogP contribution in [0.5, 0.6) is 11.5 Å². The summed E-state index contributed by atoms with van der Waals surface area (Å²) in [4.78, 5) is 24.8. The lowest BCUT2D eigenvalue weighted by Gasteiger charge is -2.41. The van der Waals surface area contributed by atoms with E-state index in [0.29, 0.717) is 36.4 Å². The van der Waals surface area contributed by atoms with Crippen LogP contribution in [0.3, 0.4) is 0 Å². The van der Waals surface area contributed by atoms with Gasteiger partial charge in [-0.25, -0.2) is 0 Å². The number of benzene rings is 1. The van der Waals surface area contributed by atoms with Crippen LogP contribution in [0, 0.1) is 5.92 Å². The lowest BCUT2D eigenvalue weighted by Crippen LogP contribution is -2.46. The number of likely N-dealkylation sites (tertiary alicyclic amines) is 1. The molecule has 6 heteroatoms. The van der Waals surface area contributed by atoms with Crippen molar-refractivity contribution in [1.82, 2.24) is 4.90 Å². The van der Waals surface area contributed by atoms with Gasteiger partial charge in [0.1, 0.15) is 5.78 Å². The average Bonchev–Trinajstić information content (AvgIpc) is 2.52. The molecule has 3 rings (SSSR count). The van der Waals surface area contributed by atoms with Crippen LogP contribution in [0.4, 0.5) is 0 Å². The van der Waals surface area contributed by atoms with Crippen molar-refractivity contribution in [3.8, 4) is 11.5 Å². The predicted molar refractivity (Wildman–Crippen MR) is 85.5 cm³/mol. The van der Waals surface area contributed by atoms with Crippen molar-refractivity contribution in [1.29, 1.82) is 0 Å². The third kappa shape index (κ3) is 3.06. The molecule has 2 aliphatic rings. The van der Waals surface area contributed by atoms with Crippen LogP contribution in [-0.4, -0.2) is 39.9 Å². The Bertz CT molecular complexity index is 685. The van der Waals surface area contributed by atoms with E-state index in [1.54, 1.807) is 4.90 Å². The molecule has 1 saturated heterocycles. The van der Waals surface area contributed by atoms with Crippen LogP contribution in [0.2, 0.25) is 5.02 Å². The van der Waals surface area contributed by atoms with E-state index >= 15 is 0 Å². The number of fused-ring (bicyclic) bond motifs is 1. The second-order valence-electron chi connectivity index (χ2n) is 6.13. The summed E-state index contributed by atoms with van der Waals surface area (Å²) in [6, 6.07) is 2.57. The third-order valence-electron chi connectivity index (χ3n) is 4.72. The molecule has 122 valence electrons. The highest BCUT2D eigenvalue weighted by Crippen LogP contribution is 2.38. The second kappa shape index (κ2) is 6.24. The van der Waals surface area contributed by atoms with Crippen LogP contribution in [-0.2, 0) is 16.0 Å². The lowest BCUT2D eigenvalue weighted by molar-refractivity contribution is -0.121. The van der Waals surface area contributed by atoms with Crippen molar-refractivity contribution < 1.29 is 19.8 Å². The highest BCUT2D eigenvalue weighted by Gasteiger charge is 2.35. The van der Waals surface area contributed by atoms with Crippen molar-refractivity contribution in [2.45, 2.75) is 31.7 Å². The number of carbonyl (C=O) groups is 2. The molecule has 1 aromatic rings. The van der Waals surface area contributed by atoms with E-state index in [2.05, 4.69) is 0 Å². The van der Waals surface area contributed by atoms with E-state index in [-0.39, 0.29) is 29.2 Å². The van der Waals surface area contributed by atoms with Gasteiger partial charge in [-0.2, -0.15) is 0 Å². The molecule has 1 amide bonds. The molecule has 0 aromatic heterocycles. The van der Waals surface area contributed by atoms with E-state index in [4.69, 9.17) is 11.6 Å². The molecule has 1 heterocycles. The number of phenols is 2. The van der Waals surface area contributed by atoms with Gasteiger partial charge in [-0.15, -0.1) is 0 Å². The fraction of sp³-hybridized carbons (Fsp3) is 0.412. The summed E-state index contributed by atoms with van der Waals surface area (Å²) in [5, 5.41) is 19.5. The molecule has 23 heavy (non-hydrogen) atoms. The van der Waals surface area contributed by atoms with E-state index in [9.17, 15) is 19.8 Å². The van der Waals surface area contributed by atoms with Crippen LogP contribution in [0.15, 0.2) is 23.8 Å². The number of ketones is 1. The predicted octanol–water partition coefficient (Wildman–Crippen LogP) is 2.43. The van der Waals surface area contributed by atoms with Crippen molar-refractivity contribution >= 4 is 23.8 Å². The third-order valence-corrected chi connectivity index (χ3v) is 5.08. The molecule has 2 N–H and O–H groups in total. The number of phenolic OH excluding ortho intramolecular Hbond substituents is 2. The summed E-state index contributed by atoms with van der Waals surface area (Å²) in [6.07, 6.45) is 4.94. The summed E-state index contributed by atoms with van der Waals surface area (Å²) < 4.78 is 0. The van der Waals surface area contributed by atoms with Gasteiger partial charge in [0.25, 0.3) is 0 Å². The minimum absolute atomic E-state index is 0.166. The molecular formula is C17H18ClNO4. The Balaban J connectivity index is 1.93. The average molecular weight is 336 g/mol. The SMILES string of the molecule is O=CN1CCC2CC(=O)CC=C2[C@@H]1Cc1cc(O)c(O)cc1Cl. The quantitative estimate of drug-likeness (QED) is 0.505. The minimum atomic E-state index is -0.269. The molecule has 1 aliphatic heterocycles. The van der Waals surface area contributed by atoms with Crippen molar-refractivity contribution in [3.05, 3.63) is 34.4 Å². The molecule has 0 saturated carbocycles. The first-order valence-corrected chi connectivity index (χ1v) is 8.00. The highest BCUT2D eigenvalue weighted by atomic mass is 35.5. The number of aromatic hydroxyl groups is 2. The Labute approximate surface area is 139 Å². The Kier molecular flexibility index (Phi) is 4.31. The van der Waals surface area contributed by atoms with Crippen molar-refractivity contribution in [2.24, 2.45) is 5.92 Å². The maximum absolute atomic E-state index is 11.7. The molecule has 1 aromatic carbocycles. The zero-order valence-corrected chi connectivity index (χ0v) is 13.3. The first kappa shape index (κ1) is 15.9. The number of nitrogens with zero attached hydrogens (tertiary/aromatic N) is 1. The Morgan fingerprint density at radius 1 is 1.30 bits per heavy atom. The standard InChI is InChI=1S/C17H18ClNO4/c18-14-8-17(23)16(22)7-11(14)6-15-13-2-1-12(21)5-10(13)3-4-19(15)9-20/h2,7-10,15,22-23H,1,3-6H2/t10?,15-/m0/s1. The summed E-state index contributed by atoms with van der Waals surface area (Å²) in [5.41, 5.74) is 1.77. The number of rotatable bonds is 3. The molecule has 5 nitrogen and oxygen atoms in total. The van der Waals surface area contributed by atoms with Crippen molar-refractivity contribution in [2.75, 3.05) is 6.54 Å². The largest absolute Gasteiger partial charge is 0.504 e. The number of piperidine rings is 1. The van der Waals surface area contributed by atoms with E-state index < -0.39 is 0 Å². The number of hydrogen-bond donors (Lipinski definition) is 2. The van der Waals surface area contributed by atoms with E-state index in [1.165, 1.54) is 12.1 Å². The van der Waals surface area contributed by atoms with Gasteiger partial charge in [-0.05, 0) is 36.0 Å². The molecule has 2 atom stereocenters. The number of hydrogen-bond acceptors (Lipinski definition) is 4. The van der Waals surface area contributed by atoms with Gasteiger partial charge in [-0.3, -0.25) is 9.59 Å². The highest BCUT2D eigenvalue weighted by molar-refractivity contribution is 6.31. The fourth-order valence-electron chi connectivity index (χ4n) is 3.52. The minimum Gasteiger partial charge on any atom is -0.504 e. The van der Waals surface area contributed by atoms with Crippen LogP contribution >= 0.6 is 11.6 Å². The topological polar surface area (TPSA) is 77.8 Å². The first-order chi connectivity index (χ1) is 11.0. The van der Waals surface area contributed by atoms with Crippen LogP contribution in [0.25, 0.3) is 0 Å².